The average molecular weight is 368 g/mol. The molecule has 0 aliphatic heterocycles. The van der Waals surface area contributed by atoms with Crippen molar-refractivity contribution in [3.05, 3.63) is 22.7 Å². The van der Waals surface area contributed by atoms with Gasteiger partial charge in [0.2, 0.25) is 10.0 Å². The molecule has 1 rings (SSSR count). The predicted molar refractivity (Wildman–Crippen MR) is 83.5 cm³/mol. The second kappa shape index (κ2) is 8.14. The Morgan fingerprint density at radius 3 is 2.79 bits per heavy atom. The van der Waals surface area contributed by atoms with Crippen molar-refractivity contribution in [2.24, 2.45) is 0 Å². The van der Waals surface area contributed by atoms with E-state index in [4.69, 9.17) is 4.74 Å². The molecule has 1 N–H and O–H groups in total. The first kappa shape index (κ1) is 16.8. The van der Waals surface area contributed by atoms with Crippen LogP contribution in [-0.2, 0) is 10.0 Å². The summed E-state index contributed by atoms with van der Waals surface area (Å²) in [4.78, 5) is 0.160. The van der Waals surface area contributed by atoms with Crippen molar-refractivity contribution in [3.8, 4) is 5.75 Å². The van der Waals surface area contributed by atoms with Crippen molar-refractivity contribution in [1.82, 2.24) is 4.72 Å². The Hall–Kier alpha value is -0.240. The molecule has 0 aromatic heterocycles. The number of nitrogens with one attached hydrogen (secondary N) is 1. The Bertz CT molecular complexity index is 506. The lowest BCUT2D eigenvalue weighted by atomic mass is 10.3. The molecule has 0 aliphatic carbocycles. The molecule has 0 unspecified atom stereocenters. The summed E-state index contributed by atoms with van der Waals surface area (Å²) in [6.45, 7) is 2.52. The highest BCUT2D eigenvalue weighted by Gasteiger charge is 2.19. The van der Waals surface area contributed by atoms with Crippen LogP contribution in [0, 0.1) is 0 Å². The lowest BCUT2D eigenvalue weighted by Crippen LogP contribution is -2.25. The maximum Gasteiger partial charge on any atom is 0.244 e. The molecule has 0 spiro atoms. The zero-order valence-electron chi connectivity index (χ0n) is 11.0. The molecule has 7 heteroatoms. The average Bonchev–Trinajstić information content (AvgIpc) is 2.38. The Balaban J connectivity index is 2.74. The molecule has 0 heterocycles. The Morgan fingerprint density at radius 2 is 2.16 bits per heavy atom. The zero-order valence-corrected chi connectivity index (χ0v) is 14.2. The van der Waals surface area contributed by atoms with Gasteiger partial charge < -0.3 is 4.74 Å². The van der Waals surface area contributed by atoms with E-state index in [9.17, 15) is 8.42 Å². The Labute approximate surface area is 127 Å². The van der Waals surface area contributed by atoms with Crippen molar-refractivity contribution in [3.63, 3.8) is 0 Å². The molecule has 4 nitrogen and oxygen atoms in total. The van der Waals surface area contributed by atoms with Crippen LogP contribution in [0.1, 0.15) is 13.3 Å². The van der Waals surface area contributed by atoms with Crippen molar-refractivity contribution in [2.45, 2.75) is 18.2 Å². The molecular formula is C12H18BrNO3S2. The fraction of sp³-hybridized carbons (Fsp3) is 0.500. The van der Waals surface area contributed by atoms with Crippen LogP contribution in [0.3, 0.4) is 0 Å². The molecule has 19 heavy (non-hydrogen) atoms. The van der Waals surface area contributed by atoms with Gasteiger partial charge in [0.05, 0.1) is 7.11 Å². The van der Waals surface area contributed by atoms with Gasteiger partial charge in [-0.05, 0) is 36.1 Å². The highest BCUT2D eigenvalue weighted by Crippen LogP contribution is 2.26. The first-order valence-corrected chi connectivity index (χ1v) is 9.35. The number of benzene rings is 1. The highest BCUT2D eigenvalue weighted by atomic mass is 79.9. The summed E-state index contributed by atoms with van der Waals surface area (Å²) < 4.78 is 32.7. The van der Waals surface area contributed by atoms with E-state index in [1.165, 1.54) is 7.11 Å². The van der Waals surface area contributed by atoms with Crippen LogP contribution in [0.4, 0.5) is 0 Å². The third-order valence-electron chi connectivity index (χ3n) is 2.38. The minimum absolute atomic E-state index is 0.160. The molecule has 1 aromatic carbocycles. The summed E-state index contributed by atoms with van der Waals surface area (Å²) in [7, 11) is -2.07. The van der Waals surface area contributed by atoms with E-state index < -0.39 is 10.0 Å². The molecule has 108 valence electrons. The number of ether oxygens (including phenoxy) is 1. The van der Waals surface area contributed by atoms with E-state index in [0.29, 0.717) is 16.8 Å². The zero-order chi connectivity index (χ0) is 14.3. The Morgan fingerprint density at radius 1 is 1.42 bits per heavy atom. The van der Waals surface area contributed by atoms with Gasteiger partial charge in [-0.2, -0.15) is 11.8 Å². The summed E-state index contributed by atoms with van der Waals surface area (Å²) in [6.07, 6.45) is 0.814. The normalized spacial score (nSPS) is 11.5. The summed E-state index contributed by atoms with van der Waals surface area (Å²) in [5, 5.41) is 0. The fourth-order valence-corrected chi connectivity index (χ4v) is 3.88. The Kier molecular flexibility index (Phi) is 7.20. The van der Waals surface area contributed by atoms with E-state index in [1.807, 2.05) is 0 Å². The van der Waals surface area contributed by atoms with Gasteiger partial charge in [-0.25, -0.2) is 13.1 Å². The predicted octanol–water partition coefficient (Wildman–Crippen LogP) is 2.88. The molecule has 0 saturated carbocycles. The number of sulfonamides is 1. The largest absolute Gasteiger partial charge is 0.495 e. The highest BCUT2D eigenvalue weighted by molar-refractivity contribution is 9.10. The van der Waals surface area contributed by atoms with Crippen molar-refractivity contribution in [2.75, 3.05) is 25.2 Å². The second-order valence-corrected chi connectivity index (χ2v) is 7.79. The minimum atomic E-state index is -3.53. The van der Waals surface area contributed by atoms with Crippen LogP contribution in [0.2, 0.25) is 0 Å². The number of hydrogen-bond acceptors (Lipinski definition) is 4. The molecule has 0 bridgehead atoms. The molecule has 0 aliphatic rings. The van der Waals surface area contributed by atoms with Crippen LogP contribution < -0.4 is 9.46 Å². The van der Waals surface area contributed by atoms with Gasteiger partial charge in [-0.15, -0.1) is 0 Å². The fourth-order valence-electron chi connectivity index (χ4n) is 1.46. The van der Waals surface area contributed by atoms with Crippen LogP contribution in [0.5, 0.6) is 5.75 Å². The van der Waals surface area contributed by atoms with Gasteiger partial charge in [-0.1, -0.05) is 22.9 Å². The summed E-state index contributed by atoms with van der Waals surface area (Å²) in [5.41, 5.74) is 0. The third-order valence-corrected chi connectivity index (χ3v) is 5.34. The van der Waals surface area contributed by atoms with Gasteiger partial charge in [0, 0.05) is 11.0 Å². The van der Waals surface area contributed by atoms with E-state index in [0.717, 1.165) is 17.9 Å². The van der Waals surface area contributed by atoms with E-state index >= 15 is 0 Å². The molecule has 0 radical (unpaired) electrons. The van der Waals surface area contributed by atoms with Gasteiger partial charge in [0.25, 0.3) is 0 Å². The number of methoxy groups -OCH3 is 1. The SMILES string of the molecule is CCSCCCNS(=O)(=O)c1cc(Br)ccc1OC. The monoisotopic (exact) mass is 367 g/mol. The van der Waals surface area contributed by atoms with Crippen molar-refractivity contribution < 1.29 is 13.2 Å². The first-order chi connectivity index (χ1) is 9.01. The van der Waals surface area contributed by atoms with Crippen LogP contribution in [0.15, 0.2) is 27.6 Å². The van der Waals surface area contributed by atoms with Gasteiger partial charge in [0.15, 0.2) is 0 Å². The molecule has 0 amide bonds. The smallest absolute Gasteiger partial charge is 0.244 e. The molecule has 0 atom stereocenters. The number of thioether (sulfide) groups is 1. The third kappa shape index (κ3) is 5.33. The topological polar surface area (TPSA) is 55.4 Å². The first-order valence-electron chi connectivity index (χ1n) is 5.92. The maximum absolute atomic E-state index is 12.2. The molecular weight excluding hydrogens is 350 g/mol. The standard InChI is InChI=1S/C12H18BrNO3S2/c1-3-18-8-4-7-14-19(15,16)12-9-10(13)5-6-11(12)17-2/h5-6,9,14H,3-4,7-8H2,1-2H3. The summed E-state index contributed by atoms with van der Waals surface area (Å²) in [6, 6.07) is 4.92. The lowest BCUT2D eigenvalue weighted by Gasteiger charge is -2.11. The van der Waals surface area contributed by atoms with Gasteiger partial charge in [0.1, 0.15) is 10.6 Å². The van der Waals surface area contributed by atoms with Crippen LogP contribution >= 0.6 is 27.7 Å². The van der Waals surface area contributed by atoms with Crippen LogP contribution in [0.25, 0.3) is 0 Å². The number of halogens is 1. The van der Waals surface area contributed by atoms with E-state index in [1.54, 1.807) is 30.0 Å². The summed E-state index contributed by atoms with van der Waals surface area (Å²) >= 11 is 5.07. The number of rotatable bonds is 8. The molecule has 0 saturated heterocycles. The number of hydrogen-bond donors (Lipinski definition) is 1. The summed E-state index contributed by atoms with van der Waals surface area (Å²) in [5.74, 6) is 2.35. The molecule has 0 fully saturated rings. The van der Waals surface area contributed by atoms with Crippen molar-refractivity contribution in [1.29, 1.82) is 0 Å². The maximum atomic E-state index is 12.2. The lowest BCUT2D eigenvalue weighted by molar-refractivity contribution is 0.402. The van der Waals surface area contributed by atoms with E-state index in [-0.39, 0.29) is 4.90 Å². The van der Waals surface area contributed by atoms with E-state index in [2.05, 4.69) is 27.6 Å². The van der Waals surface area contributed by atoms with Gasteiger partial charge >= 0.3 is 0 Å². The minimum Gasteiger partial charge on any atom is -0.495 e. The quantitative estimate of drug-likeness (QED) is 0.717. The molecule has 1 aromatic rings. The van der Waals surface area contributed by atoms with Crippen molar-refractivity contribution >= 4 is 37.7 Å². The van der Waals surface area contributed by atoms with Gasteiger partial charge in [-0.3, -0.25) is 0 Å². The van der Waals surface area contributed by atoms with Crippen LogP contribution in [-0.4, -0.2) is 33.6 Å². The second-order valence-electron chi connectivity index (χ2n) is 3.74.